The molecule has 0 aliphatic rings. The van der Waals surface area contributed by atoms with Crippen LogP contribution in [0.4, 0.5) is 0 Å². The molecule has 0 saturated heterocycles. The third kappa shape index (κ3) is 7.03. The van der Waals surface area contributed by atoms with Crippen molar-refractivity contribution in [2.45, 2.75) is 46.1 Å². The van der Waals surface area contributed by atoms with Gasteiger partial charge in [-0.15, -0.1) is 0 Å². The molecule has 0 aromatic heterocycles. The fourth-order valence-electron chi connectivity index (χ4n) is 1.47. The molecule has 80 valence electrons. The zero-order chi connectivity index (χ0) is 10.1. The van der Waals surface area contributed by atoms with Gasteiger partial charge in [0, 0.05) is 6.04 Å². The number of rotatable bonds is 8. The lowest BCUT2D eigenvalue weighted by Crippen LogP contribution is -2.25. The van der Waals surface area contributed by atoms with E-state index in [2.05, 4.69) is 31.0 Å². The summed E-state index contributed by atoms with van der Waals surface area (Å²) < 4.78 is 0. The van der Waals surface area contributed by atoms with E-state index >= 15 is 0 Å². The van der Waals surface area contributed by atoms with Gasteiger partial charge in [0.2, 0.25) is 0 Å². The Morgan fingerprint density at radius 3 is 2.23 bits per heavy atom. The van der Waals surface area contributed by atoms with Crippen LogP contribution in [0.5, 0.6) is 0 Å². The maximum Gasteiger partial charge on any atom is 0.00357 e. The highest BCUT2D eigenvalue weighted by atomic mass is 15.1. The highest BCUT2D eigenvalue weighted by molar-refractivity contribution is 4.58. The second-order valence-electron chi connectivity index (χ2n) is 3.71. The zero-order valence-corrected chi connectivity index (χ0v) is 9.77. The van der Waals surface area contributed by atoms with E-state index in [1.807, 2.05) is 7.05 Å². The SMILES string of the molecule is CCN(CC)CCCCC(C)NC. The summed E-state index contributed by atoms with van der Waals surface area (Å²) in [6.07, 6.45) is 3.99. The summed E-state index contributed by atoms with van der Waals surface area (Å²) in [5.41, 5.74) is 0. The minimum Gasteiger partial charge on any atom is -0.317 e. The van der Waals surface area contributed by atoms with E-state index in [0.717, 1.165) is 0 Å². The second kappa shape index (κ2) is 8.52. The molecule has 0 heterocycles. The Bertz CT molecular complexity index is 100. The van der Waals surface area contributed by atoms with Crippen LogP contribution in [0.15, 0.2) is 0 Å². The van der Waals surface area contributed by atoms with Gasteiger partial charge < -0.3 is 10.2 Å². The molecule has 0 aliphatic carbocycles. The van der Waals surface area contributed by atoms with E-state index in [-0.39, 0.29) is 0 Å². The lowest BCUT2D eigenvalue weighted by Gasteiger charge is -2.18. The quantitative estimate of drug-likeness (QED) is 0.584. The van der Waals surface area contributed by atoms with Gasteiger partial charge in [-0.2, -0.15) is 0 Å². The van der Waals surface area contributed by atoms with Crippen LogP contribution in [0.3, 0.4) is 0 Å². The zero-order valence-electron chi connectivity index (χ0n) is 9.77. The number of nitrogens with one attached hydrogen (secondary N) is 1. The van der Waals surface area contributed by atoms with Gasteiger partial charge in [-0.05, 0) is 46.4 Å². The van der Waals surface area contributed by atoms with Gasteiger partial charge in [0.05, 0.1) is 0 Å². The first-order valence-electron chi connectivity index (χ1n) is 5.64. The third-order valence-electron chi connectivity index (χ3n) is 2.75. The number of hydrogen-bond acceptors (Lipinski definition) is 2. The molecule has 0 aromatic rings. The Morgan fingerprint density at radius 1 is 1.15 bits per heavy atom. The first-order valence-corrected chi connectivity index (χ1v) is 5.64. The molecule has 0 amide bonds. The first-order chi connectivity index (χ1) is 6.24. The fourth-order valence-corrected chi connectivity index (χ4v) is 1.47. The average molecular weight is 186 g/mol. The van der Waals surface area contributed by atoms with Crippen LogP contribution >= 0.6 is 0 Å². The van der Waals surface area contributed by atoms with Crippen LogP contribution in [-0.2, 0) is 0 Å². The van der Waals surface area contributed by atoms with Gasteiger partial charge in [-0.3, -0.25) is 0 Å². The van der Waals surface area contributed by atoms with E-state index < -0.39 is 0 Å². The first kappa shape index (κ1) is 12.9. The average Bonchev–Trinajstić information content (AvgIpc) is 2.18. The molecule has 1 unspecified atom stereocenters. The van der Waals surface area contributed by atoms with Crippen molar-refractivity contribution in [2.24, 2.45) is 0 Å². The molecule has 13 heavy (non-hydrogen) atoms. The molecule has 0 bridgehead atoms. The van der Waals surface area contributed by atoms with Gasteiger partial charge in [0.15, 0.2) is 0 Å². The maximum atomic E-state index is 3.27. The van der Waals surface area contributed by atoms with E-state index in [4.69, 9.17) is 0 Å². The third-order valence-corrected chi connectivity index (χ3v) is 2.75. The Kier molecular flexibility index (Phi) is 8.46. The summed E-state index contributed by atoms with van der Waals surface area (Å²) in [5.74, 6) is 0. The molecule has 0 aliphatic heterocycles. The van der Waals surface area contributed by atoms with Crippen molar-refractivity contribution in [1.29, 1.82) is 0 Å². The summed E-state index contributed by atoms with van der Waals surface area (Å²) in [5, 5.41) is 3.27. The summed E-state index contributed by atoms with van der Waals surface area (Å²) >= 11 is 0. The highest BCUT2D eigenvalue weighted by Gasteiger charge is 2.00. The number of nitrogens with zero attached hydrogens (tertiary/aromatic N) is 1. The lowest BCUT2D eigenvalue weighted by molar-refractivity contribution is 0.293. The van der Waals surface area contributed by atoms with Crippen molar-refractivity contribution < 1.29 is 0 Å². The van der Waals surface area contributed by atoms with Gasteiger partial charge >= 0.3 is 0 Å². The van der Waals surface area contributed by atoms with Crippen LogP contribution < -0.4 is 5.32 Å². The standard InChI is InChI=1S/C11H26N2/c1-5-13(6-2)10-8-7-9-11(3)12-4/h11-12H,5-10H2,1-4H3. The molecule has 0 radical (unpaired) electrons. The molecule has 0 spiro atoms. The molecule has 0 aromatic carbocycles. The molecule has 0 fully saturated rings. The largest absolute Gasteiger partial charge is 0.317 e. The topological polar surface area (TPSA) is 15.3 Å². The van der Waals surface area contributed by atoms with E-state index in [1.54, 1.807) is 0 Å². The van der Waals surface area contributed by atoms with Crippen LogP contribution in [0.1, 0.15) is 40.0 Å². The monoisotopic (exact) mass is 186 g/mol. The van der Waals surface area contributed by atoms with Crippen molar-refractivity contribution in [2.75, 3.05) is 26.7 Å². The summed E-state index contributed by atoms with van der Waals surface area (Å²) in [6.45, 7) is 10.4. The molecule has 2 heteroatoms. The molecule has 0 saturated carbocycles. The summed E-state index contributed by atoms with van der Waals surface area (Å²) in [4.78, 5) is 2.49. The van der Waals surface area contributed by atoms with Crippen molar-refractivity contribution in [3.05, 3.63) is 0 Å². The molecule has 0 rings (SSSR count). The minimum atomic E-state index is 0.678. The Labute approximate surface area is 83.7 Å². The molecule has 1 N–H and O–H groups in total. The Hall–Kier alpha value is -0.0800. The van der Waals surface area contributed by atoms with E-state index in [1.165, 1.54) is 38.9 Å². The normalized spacial score (nSPS) is 13.6. The predicted molar refractivity (Wildman–Crippen MR) is 60.2 cm³/mol. The van der Waals surface area contributed by atoms with Crippen LogP contribution in [0.25, 0.3) is 0 Å². The van der Waals surface area contributed by atoms with E-state index in [0.29, 0.717) is 6.04 Å². The van der Waals surface area contributed by atoms with Crippen LogP contribution in [-0.4, -0.2) is 37.6 Å². The Balaban J connectivity index is 3.23. The number of unbranched alkanes of at least 4 members (excludes halogenated alkanes) is 1. The second-order valence-corrected chi connectivity index (χ2v) is 3.71. The van der Waals surface area contributed by atoms with Gasteiger partial charge in [0.25, 0.3) is 0 Å². The number of hydrogen-bond donors (Lipinski definition) is 1. The van der Waals surface area contributed by atoms with Gasteiger partial charge in [-0.25, -0.2) is 0 Å². The minimum absolute atomic E-state index is 0.678. The molecular formula is C11H26N2. The van der Waals surface area contributed by atoms with E-state index in [9.17, 15) is 0 Å². The molecule has 1 atom stereocenters. The summed E-state index contributed by atoms with van der Waals surface area (Å²) in [6, 6.07) is 0.678. The van der Waals surface area contributed by atoms with Crippen LogP contribution in [0, 0.1) is 0 Å². The summed E-state index contributed by atoms with van der Waals surface area (Å²) in [7, 11) is 2.04. The van der Waals surface area contributed by atoms with Crippen molar-refractivity contribution in [1.82, 2.24) is 10.2 Å². The van der Waals surface area contributed by atoms with Gasteiger partial charge in [0.1, 0.15) is 0 Å². The van der Waals surface area contributed by atoms with Crippen molar-refractivity contribution in [3.63, 3.8) is 0 Å². The fraction of sp³-hybridized carbons (Fsp3) is 1.00. The lowest BCUT2D eigenvalue weighted by atomic mass is 10.1. The Morgan fingerprint density at radius 2 is 1.77 bits per heavy atom. The predicted octanol–water partition coefficient (Wildman–Crippen LogP) is 2.11. The molecular weight excluding hydrogens is 160 g/mol. The maximum absolute atomic E-state index is 3.27. The highest BCUT2D eigenvalue weighted by Crippen LogP contribution is 2.01. The van der Waals surface area contributed by atoms with Gasteiger partial charge in [-0.1, -0.05) is 20.3 Å². The van der Waals surface area contributed by atoms with Crippen molar-refractivity contribution in [3.8, 4) is 0 Å². The van der Waals surface area contributed by atoms with Crippen molar-refractivity contribution >= 4 is 0 Å². The molecule has 2 nitrogen and oxygen atoms in total. The smallest absolute Gasteiger partial charge is 0.00357 e. The van der Waals surface area contributed by atoms with Crippen LogP contribution in [0.2, 0.25) is 0 Å².